The molecule has 0 bridgehead atoms. The quantitative estimate of drug-likeness (QED) is 0.354. The van der Waals surface area contributed by atoms with Gasteiger partial charge in [-0.05, 0) is 40.3 Å². The van der Waals surface area contributed by atoms with E-state index in [0.717, 1.165) is 15.0 Å². The summed E-state index contributed by atoms with van der Waals surface area (Å²) in [5, 5.41) is 0.698. The summed E-state index contributed by atoms with van der Waals surface area (Å²) in [5.41, 5.74) is 2.37. The van der Waals surface area contributed by atoms with Gasteiger partial charge in [-0.1, -0.05) is 41.9 Å². The number of nitrogens with zero attached hydrogens (tertiary/aromatic N) is 2. The van der Waals surface area contributed by atoms with Crippen LogP contribution < -0.4 is 0 Å². The van der Waals surface area contributed by atoms with Gasteiger partial charge in [-0.3, -0.25) is 4.40 Å². The number of fused-ring (bicyclic) bond motifs is 1. The largest absolute Gasteiger partial charge is 0.288 e. The van der Waals surface area contributed by atoms with E-state index < -0.39 is 0 Å². The molecule has 0 aliphatic rings. The SMILES string of the molecule is Clc1cc(SCc2ccccc2)cc2c(I)ncn12. The predicted molar refractivity (Wildman–Crippen MR) is 88.9 cm³/mol. The minimum atomic E-state index is 0.698. The molecule has 3 rings (SSSR count). The van der Waals surface area contributed by atoms with Gasteiger partial charge in [-0.15, -0.1) is 11.8 Å². The summed E-state index contributed by atoms with van der Waals surface area (Å²) < 4.78 is 2.87. The Morgan fingerprint density at radius 2 is 2.00 bits per heavy atom. The molecule has 0 unspecified atom stereocenters. The molecule has 0 atom stereocenters. The summed E-state index contributed by atoms with van der Waals surface area (Å²) in [6.45, 7) is 0. The Balaban J connectivity index is 1.87. The number of aromatic nitrogens is 2. The Bertz CT molecular complexity index is 712. The second-order valence-corrected chi connectivity index (χ2v) is 6.54. The molecule has 2 heterocycles. The molecule has 0 fully saturated rings. The molecular weight excluding hydrogens is 391 g/mol. The van der Waals surface area contributed by atoms with Crippen LogP contribution >= 0.6 is 46.0 Å². The summed E-state index contributed by atoms with van der Waals surface area (Å²) >= 11 is 10.3. The van der Waals surface area contributed by atoms with E-state index in [1.807, 2.05) is 16.5 Å². The molecule has 3 aromatic rings. The number of hydrogen-bond acceptors (Lipinski definition) is 2. The zero-order valence-corrected chi connectivity index (χ0v) is 13.6. The Morgan fingerprint density at radius 1 is 1.21 bits per heavy atom. The van der Waals surface area contributed by atoms with Crippen LogP contribution in [-0.2, 0) is 5.75 Å². The fourth-order valence-corrected chi connectivity index (χ4v) is 3.60. The number of halogens is 2. The van der Waals surface area contributed by atoms with Gasteiger partial charge in [-0.25, -0.2) is 4.98 Å². The molecule has 96 valence electrons. The van der Waals surface area contributed by atoms with Crippen molar-refractivity contribution >= 4 is 51.5 Å². The first kappa shape index (κ1) is 13.3. The van der Waals surface area contributed by atoms with E-state index in [2.05, 4.69) is 57.9 Å². The van der Waals surface area contributed by atoms with Crippen molar-refractivity contribution in [3.63, 3.8) is 0 Å². The molecule has 0 N–H and O–H groups in total. The Labute approximate surface area is 134 Å². The molecule has 0 amide bonds. The van der Waals surface area contributed by atoms with Gasteiger partial charge in [0.05, 0.1) is 5.52 Å². The third kappa shape index (κ3) is 2.90. The second-order valence-electron chi connectivity index (χ2n) is 4.08. The predicted octanol–water partition coefficient (Wildman–Crippen LogP) is 4.88. The summed E-state index contributed by atoms with van der Waals surface area (Å²) in [5.74, 6) is 0.943. The van der Waals surface area contributed by atoms with Gasteiger partial charge in [-0.2, -0.15) is 0 Å². The van der Waals surface area contributed by atoms with Crippen molar-refractivity contribution in [2.24, 2.45) is 0 Å². The molecule has 1 aromatic carbocycles. The maximum atomic E-state index is 6.26. The fourth-order valence-electron chi connectivity index (χ4n) is 1.82. The highest BCUT2D eigenvalue weighted by Gasteiger charge is 2.07. The van der Waals surface area contributed by atoms with Crippen LogP contribution in [0, 0.1) is 3.70 Å². The number of hydrogen-bond donors (Lipinski definition) is 0. The minimum absolute atomic E-state index is 0.698. The molecular formula is C14H10ClIN2S. The van der Waals surface area contributed by atoms with Crippen LogP contribution in [0.5, 0.6) is 0 Å². The van der Waals surface area contributed by atoms with Gasteiger partial charge in [0.2, 0.25) is 0 Å². The van der Waals surface area contributed by atoms with Crippen molar-refractivity contribution in [1.29, 1.82) is 0 Å². The summed E-state index contributed by atoms with van der Waals surface area (Å²) in [4.78, 5) is 5.44. The van der Waals surface area contributed by atoms with Crippen molar-refractivity contribution in [3.8, 4) is 0 Å². The maximum absolute atomic E-state index is 6.26. The second kappa shape index (κ2) is 5.73. The number of thioether (sulfide) groups is 1. The molecule has 0 saturated heterocycles. The van der Waals surface area contributed by atoms with Crippen molar-refractivity contribution in [2.75, 3.05) is 0 Å². The van der Waals surface area contributed by atoms with E-state index in [1.54, 1.807) is 18.1 Å². The lowest BCUT2D eigenvalue weighted by molar-refractivity contribution is 1.13. The van der Waals surface area contributed by atoms with Crippen molar-refractivity contribution in [3.05, 3.63) is 63.2 Å². The van der Waals surface area contributed by atoms with E-state index in [0.29, 0.717) is 5.15 Å². The molecule has 0 saturated carbocycles. The molecule has 0 aliphatic carbocycles. The van der Waals surface area contributed by atoms with E-state index in [1.165, 1.54) is 10.5 Å². The summed E-state index contributed by atoms with van der Waals surface area (Å²) in [6.07, 6.45) is 1.76. The highest BCUT2D eigenvalue weighted by atomic mass is 127. The molecule has 5 heteroatoms. The summed E-state index contributed by atoms with van der Waals surface area (Å²) in [7, 11) is 0. The van der Waals surface area contributed by atoms with Gasteiger partial charge in [0.25, 0.3) is 0 Å². The number of rotatable bonds is 3. The highest BCUT2D eigenvalue weighted by molar-refractivity contribution is 14.1. The standard InChI is InChI=1S/C14H10ClIN2S/c15-13-7-11(6-12-14(16)17-9-18(12)13)19-8-10-4-2-1-3-5-10/h1-7,9H,8H2. The van der Waals surface area contributed by atoms with Gasteiger partial charge < -0.3 is 0 Å². The van der Waals surface area contributed by atoms with E-state index in [9.17, 15) is 0 Å². The van der Waals surface area contributed by atoms with Crippen LogP contribution in [0.4, 0.5) is 0 Å². The fraction of sp³-hybridized carbons (Fsp3) is 0.0714. The third-order valence-corrected chi connectivity index (χ3v) is 4.95. The molecule has 19 heavy (non-hydrogen) atoms. The molecule has 2 nitrogen and oxygen atoms in total. The van der Waals surface area contributed by atoms with Crippen molar-refractivity contribution < 1.29 is 0 Å². The van der Waals surface area contributed by atoms with Crippen molar-refractivity contribution in [1.82, 2.24) is 9.38 Å². The molecule has 0 aliphatic heterocycles. The Kier molecular flexibility index (Phi) is 4.00. The van der Waals surface area contributed by atoms with Crippen LogP contribution in [-0.4, -0.2) is 9.38 Å². The van der Waals surface area contributed by atoms with Gasteiger partial charge in [0, 0.05) is 10.6 Å². The van der Waals surface area contributed by atoms with Crippen LogP contribution in [0.25, 0.3) is 5.52 Å². The first-order valence-corrected chi connectivity index (χ1v) is 8.17. The van der Waals surface area contributed by atoms with Crippen LogP contribution in [0.15, 0.2) is 53.7 Å². The smallest absolute Gasteiger partial charge is 0.127 e. The number of pyridine rings is 1. The van der Waals surface area contributed by atoms with Crippen LogP contribution in [0.1, 0.15) is 5.56 Å². The summed E-state index contributed by atoms with van der Waals surface area (Å²) in [6, 6.07) is 14.5. The lowest BCUT2D eigenvalue weighted by Gasteiger charge is -2.05. The van der Waals surface area contributed by atoms with E-state index >= 15 is 0 Å². The highest BCUT2D eigenvalue weighted by Crippen LogP contribution is 2.28. The molecule has 0 radical (unpaired) electrons. The van der Waals surface area contributed by atoms with Crippen LogP contribution in [0.2, 0.25) is 5.15 Å². The topological polar surface area (TPSA) is 17.3 Å². The van der Waals surface area contributed by atoms with Gasteiger partial charge in [0.1, 0.15) is 15.2 Å². The monoisotopic (exact) mass is 400 g/mol. The van der Waals surface area contributed by atoms with Gasteiger partial charge >= 0.3 is 0 Å². The average Bonchev–Trinajstić information content (AvgIpc) is 2.80. The Hall–Kier alpha value is -0.720. The number of imidazole rings is 1. The number of benzene rings is 1. The van der Waals surface area contributed by atoms with Crippen LogP contribution in [0.3, 0.4) is 0 Å². The van der Waals surface area contributed by atoms with Crippen molar-refractivity contribution in [2.45, 2.75) is 10.6 Å². The lowest BCUT2D eigenvalue weighted by Crippen LogP contribution is -1.87. The molecule has 2 aromatic heterocycles. The molecule has 0 spiro atoms. The zero-order valence-electron chi connectivity index (χ0n) is 9.88. The van der Waals surface area contributed by atoms with E-state index in [-0.39, 0.29) is 0 Å². The zero-order chi connectivity index (χ0) is 13.2. The lowest BCUT2D eigenvalue weighted by atomic mass is 10.2. The normalized spacial score (nSPS) is 11.1. The third-order valence-electron chi connectivity index (χ3n) is 2.78. The maximum Gasteiger partial charge on any atom is 0.127 e. The Morgan fingerprint density at radius 3 is 2.79 bits per heavy atom. The average molecular weight is 401 g/mol. The first-order valence-electron chi connectivity index (χ1n) is 5.73. The first-order chi connectivity index (χ1) is 9.24. The van der Waals surface area contributed by atoms with Gasteiger partial charge in [0.15, 0.2) is 0 Å². The van der Waals surface area contributed by atoms with E-state index in [4.69, 9.17) is 11.6 Å². The minimum Gasteiger partial charge on any atom is -0.288 e.